The van der Waals surface area contributed by atoms with Crippen LogP contribution in [0.2, 0.25) is 0 Å². The van der Waals surface area contributed by atoms with E-state index in [0.717, 1.165) is 6.42 Å². The lowest BCUT2D eigenvalue weighted by Crippen LogP contribution is -2.57. The van der Waals surface area contributed by atoms with Crippen LogP contribution in [0, 0.1) is 0 Å². The van der Waals surface area contributed by atoms with Gasteiger partial charge in [0.25, 0.3) is 0 Å². The van der Waals surface area contributed by atoms with E-state index in [2.05, 4.69) is 33.9 Å². The summed E-state index contributed by atoms with van der Waals surface area (Å²) in [6.07, 6.45) is 3.40. The number of hydrogen-bond donors (Lipinski definition) is 7. The first-order valence-corrected chi connectivity index (χ1v) is 12.0. The summed E-state index contributed by atoms with van der Waals surface area (Å²) in [6, 6.07) is -3.71. The van der Waals surface area contributed by atoms with Crippen molar-refractivity contribution >= 4 is 54.0 Å². The van der Waals surface area contributed by atoms with Crippen LogP contribution in [0.15, 0.2) is 0 Å². The SMILES string of the molecule is CSCCC(NC(=O)C(CCC(N)=O)NC(=O)C1CCCN1)C(=O)NC(CS)C(=O)O. The number of carbonyl (C=O) groups excluding carboxylic acids is 4. The minimum absolute atomic E-state index is 0.0229. The van der Waals surface area contributed by atoms with Crippen molar-refractivity contribution in [2.24, 2.45) is 5.73 Å². The molecule has 0 aromatic rings. The Balaban J connectivity index is 2.87. The predicted octanol–water partition coefficient (Wildman–Crippen LogP) is -1.77. The Morgan fingerprint density at radius 2 is 1.71 bits per heavy atom. The summed E-state index contributed by atoms with van der Waals surface area (Å²) >= 11 is 5.37. The van der Waals surface area contributed by atoms with Gasteiger partial charge in [-0.3, -0.25) is 19.2 Å². The highest BCUT2D eigenvalue weighted by atomic mass is 32.2. The van der Waals surface area contributed by atoms with Crippen molar-refractivity contribution in [2.75, 3.05) is 24.3 Å². The first-order valence-electron chi connectivity index (χ1n) is 9.95. The lowest BCUT2D eigenvalue weighted by Gasteiger charge is -2.25. The summed E-state index contributed by atoms with van der Waals surface area (Å²) in [5.74, 6) is -3.13. The molecule has 31 heavy (non-hydrogen) atoms. The van der Waals surface area contributed by atoms with Crippen LogP contribution in [0.25, 0.3) is 0 Å². The average Bonchev–Trinajstić information content (AvgIpc) is 3.26. The number of rotatable bonds is 14. The van der Waals surface area contributed by atoms with E-state index >= 15 is 0 Å². The number of carboxylic acids is 1. The highest BCUT2D eigenvalue weighted by Gasteiger charge is 2.31. The fourth-order valence-electron chi connectivity index (χ4n) is 2.97. The molecule has 176 valence electrons. The van der Waals surface area contributed by atoms with Gasteiger partial charge >= 0.3 is 5.97 Å². The summed E-state index contributed by atoms with van der Waals surface area (Å²) < 4.78 is 0. The van der Waals surface area contributed by atoms with E-state index in [9.17, 15) is 24.0 Å². The molecule has 4 amide bonds. The number of aliphatic carboxylic acids is 1. The zero-order valence-electron chi connectivity index (χ0n) is 17.4. The maximum Gasteiger partial charge on any atom is 0.327 e. The van der Waals surface area contributed by atoms with Crippen LogP contribution in [0.4, 0.5) is 0 Å². The number of nitrogens with one attached hydrogen (secondary N) is 4. The van der Waals surface area contributed by atoms with Crippen molar-refractivity contribution in [1.82, 2.24) is 21.3 Å². The minimum Gasteiger partial charge on any atom is -0.480 e. The molecule has 0 radical (unpaired) electrons. The Labute approximate surface area is 190 Å². The quantitative estimate of drug-likeness (QED) is 0.144. The topological polar surface area (TPSA) is 180 Å². The molecule has 4 unspecified atom stereocenters. The van der Waals surface area contributed by atoms with Crippen LogP contribution in [-0.4, -0.2) is 83.2 Å². The van der Waals surface area contributed by atoms with E-state index in [1.54, 1.807) is 0 Å². The summed E-state index contributed by atoms with van der Waals surface area (Å²) in [7, 11) is 0. The fourth-order valence-corrected chi connectivity index (χ4v) is 3.69. The van der Waals surface area contributed by atoms with Crippen LogP contribution in [0.5, 0.6) is 0 Å². The van der Waals surface area contributed by atoms with Gasteiger partial charge in [0.1, 0.15) is 18.1 Å². The van der Waals surface area contributed by atoms with Crippen LogP contribution < -0.4 is 27.0 Å². The molecule has 1 heterocycles. The standard InChI is InChI=1S/C18H31N5O6S2/c1-31-8-6-12(17(27)23-13(9-30)18(28)29)22-16(26)11(4-5-14(19)24)21-15(25)10-3-2-7-20-10/h10-13,20,30H,2-9H2,1H3,(H2,19,24)(H,21,25)(H,22,26)(H,23,27)(H,28,29). The summed E-state index contributed by atoms with van der Waals surface area (Å²) in [5, 5.41) is 19.7. The molecule has 0 bridgehead atoms. The third-order valence-electron chi connectivity index (χ3n) is 4.73. The van der Waals surface area contributed by atoms with E-state index in [1.807, 2.05) is 6.26 Å². The second kappa shape index (κ2) is 14.1. The second-order valence-corrected chi connectivity index (χ2v) is 8.49. The van der Waals surface area contributed by atoms with Gasteiger partial charge < -0.3 is 32.1 Å². The molecule has 0 aliphatic carbocycles. The van der Waals surface area contributed by atoms with Crippen molar-refractivity contribution in [1.29, 1.82) is 0 Å². The lowest BCUT2D eigenvalue weighted by atomic mass is 10.1. The van der Waals surface area contributed by atoms with Gasteiger partial charge in [0.05, 0.1) is 6.04 Å². The molecule has 1 fully saturated rings. The Kier molecular flexibility index (Phi) is 12.3. The van der Waals surface area contributed by atoms with Crippen molar-refractivity contribution in [3.63, 3.8) is 0 Å². The molecule has 0 spiro atoms. The Bertz CT molecular complexity index is 659. The van der Waals surface area contributed by atoms with E-state index in [1.165, 1.54) is 11.8 Å². The second-order valence-electron chi connectivity index (χ2n) is 7.14. The summed E-state index contributed by atoms with van der Waals surface area (Å²) in [6.45, 7) is 0.697. The Morgan fingerprint density at radius 1 is 1.10 bits per heavy atom. The summed E-state index contributed by atoms with van der Waals surface area (Å²) in [5.41, 5.74) is 5.18. The molecular weight excluding hydrogens is 446 g/mol. The molecule has 1 saturated heterocycles. The van der Waals surface area contributed by atoms with E-state index in [-0.39, 0.29) is 30.9 Å². The molecule has 1 aliphatic heterocycles. The van der Waals surface area contributed by atoms with Gasteiger partial charge in [0.15, 0.2) is 0 Å². The lowest BCUT2D eigenvalue weighted by molar-refractivity contribution is -0.141. The molecule has 1 aliphatic rings. The van der Waals surface area contributed by atoms with Gasteiger partial charge in [0.2, 0.25) is 23.6 Å². The molecule has 4 atom stereocenters. The molecule has 0 aromatic carbocycles. The molecule has 11 nitrogen and oxygen atoms in total. The first kappa shape index (κ1) is 27.0. The van der Waals surface area contributed by atoms with E-state index in [0.29, 0.717) is 18.7 Å². The number of thiol groups is 1. The fraction of sp³-hybridized carbons (Fsp3) is 0.722. The van der Waals surface area contributed by atoms with Gasteiger partial charge in [-0.25, -0.2) is 4.79 Å². The number of hydrogen-bond acceptors (Lipinski definition) is 8. The predicted molar refractivity (Wildman–Crippen MR) is 120 cm³/mol. The Morgan fingerprint density at radius 3 is 2.19 bits per heavy atom. The van der Waals surface area contributed by atoms with E-state index in [4.69, 9.17) is 10.8 Å². The van der Waals surface area contributed by atoms with Crippen LogP contribution in [0.1, 0.15) is 32.1 Å². The zero-order valence-corrected chi connectivity index (χ0v) is 19.1. The smallest absolute Gasteiger partial charge is 0.327 e. The molecular formula is C18H31N5O6S2. The molecule has 13 heteroatoms. The number of carbonyl (C=O) groups is 5. The Hall–Kier alpha value is -1.99. The third-order valence-corrected chi connectivity index (χ3v) is 5.74. The molecule has 0 saturated carbocycles. The average molecular weight is 478 g/mol. The van der Waals surface area contributed by atoms with Crippen LogP contribution in [0.3, 0.4) is 0 Å². The number of primary amides is 1. The highest BCUT2D eigenvalue weighted by Crippen LogP contribution is 2.08. The number of thioether (sulfide) groups is 1. The normalized spacial score (nSPS) is 18.5. The largest absolute Gasteiger partial charge is 0.480 e. The van der Waals surface area contributed by atoms with Gasteiger partial charge in [-0.1, -0.05) is 0 Å². The number of amides is 4. The molecule has 0 aromatic heterocycles. The number of carboxylic acid groups (broad SMARTS) is 1. The van der Waals surface area contributed by atoms with Crippen LogP contribution in [-0.2, 0) is 24.0 Å². The van der Waals surface area contributed by atoms with Crippen LogP contribution >= 0.6 is 24.4 Å². The monoisotopic (exact) mass is 477 g/mol. The van der Waals surface area contributed by atoms with Gasteiger partial charge in [-0.05, 0) is 44.2 Å². The molecule has 7 N–H and O–H groups in total. The number of nitrogens with two attached hydrogens (primary N) is 1. The van der Waals surface area contributed by atoms with Crippen molar-refractivity contribution in [3.05, 3.63) is 0 Å². The maximum atomic E-state index is 12.9. The van der Waals surface area contributed by atoms with Crippen molar-refractivity contribution < 1.29 is 29.1 Å². The van der Waals surface area contributed by atoms with Crippen molar-refractivity contribution in [3.8, 4) is 0 Å². The van der Waals surface area contributed by atoms with Crippen molar-refractivity contribution in [2.45, 2.75) is 56.3 Å². The van der Waals surface area contributed by atoms with Gasteiger partial charge in [-0.15, -0.1) is 0 Å². The molecule has 1 rings (SSSR count). The zero-order chi connectivity index (χ0) is 23.4. The minimum atomic E-state index is -1.24. The third kappa shape index (κ3) is 9.78. The highest BCUT2D eigenvalue weighted by molar-refractivity contribution is 7.98. The van der Waals surface area contributed by atoms with Gasteiger partial charge in [0, 0.05) is 12.2 Å². The summed E-state index contributed by atoms with van der Waals surface area (Å²) in [4.78, 5) is 60.2. The maximum absolute atomic E-state index is 12.9. The van der Waals surface area contributed by atoms with Gasteiger partial charge in [-0.2, -0.15) is 24.4 Å². The van der Waals surface area contributed by atoms with E-state index < -0.39 is 47.9 Å². The first-order chi connectivity index (χ1) is 14.7.